The van der Waals surface area contributed by atoms with Crippen molar-refractivity contribution in [3.05, 3.63) is 70.8 Å². The quantitative estimate of drug-likeness (QED) is 0.452. The van der Waals surface area contributed by atoms with Gasteiger partial charge in [0.1, 0.15) is 0 Å². The van der Waals surface area contributed by atoms with E-state index in [2.05, 4.69) is 0 Å². The first-order chi connectivity index (χ1) is 15.6. The van der Waals surface area contributed by atoms with Crippen molar-refractivity contribution in [1.82, 2.24) is 9.80 Å². The van der Waals surface area contributed by atoms with E-state index < -0.39 is 11.5 Å². The maximum Gasteiger partial charge on any atom is 0.306 e. The summed E-state index contributed by atoms with van der Waals surface area (Å²) in [6.45, 7) is 7.84. The first-order valence-electron chi connectivity index (χ1n) is 11.0. The van der Waals surface area contributed by atoms with Crippen molar-refractivity contribution in [3.8, 4) is 0 Å². The minimum absolute atomic E-state index is 0.00785. The molecule has 0 aromatic heterocycles. The second kappa shape index (κ2) is 9.98. The van der Waals surface area contributed by atoms with Crippen LogP contribution in [0.3, 0.4) is 0 Å². The van der Waals surface area contributed by atoms with Gasteiger partial charge in [-0.25, -0.2) is 0 Å². The van der Waals surface area contributed by atoms with E-state index >= 15 is 0 Å². The zero-order chi connectivity index (χ0) is 24.2. The highest BCUT2D eigenvalue weighted by Crippen LogP contribution is 2.24. The van der Waals surface area contributed by atoms with Crippen LogP contribution in [0.15, 0.2) is 48.5 Å². The Labute approximate surface area is 194 Å². The zero-order valence-corrected chi connectivity index (χ0v) is 19.6. The number of aryl methyl sites for hydroxylation is 1. The average Bonchev–Trinajstić information content (AvgIpc) is 3.00. The Hall–Kier alpha value is -3.48. The SMILES string of the molecule is Cc1ccc2c(c1)C(=O)N(CCCC(=O)OCC(=O)N(Cc1ccccc1)C(C)(C)C)C2=O. The molecule has 0 aliphatic carbocycles. The lowest BCUT2D eigenvalue weighted by molar-refractivity contribution is -0.154. The first kappa shape index (κ1) is 24.2. The Kier molecular flexibility index (Phi) is 7.31. The normalized spacial score (nSPS) is 13.2. The van der Waals surface area contributed by atoms with E-state index in [1.165, 1.54) is 0 Å². The summed E-state index contributed by atoms with van der Waals surface area (Å²) in [5.41, 5.74) is 2.24. The molecule has 0 saturated carbocycles. The van der Waals surface area contributed by atoms with Gasteiger partial charge in [-0.1, -0.05) is 42.0 Å². The van der Waals surface area contributed by atoms with Crippen LogP contribution >= 0.6 is 0 Å². The highest BCUT2D eigenvalue weighted by molar-refractivity contribution is 6.21. The molecule has 33 heavy (non-hydrogen) atoms. The molecule has 2 aromatic carbocycles. The van der Waals surface area contributed by atoms with E-state index in [1.807, 2.05) is 58.0 Å². The predicted molar refractivity (Wildman–Crippen MR) is 123 cm³/mol. The van der Waals surface area contributed by atoms with Crippen molar-refractivity contribution >= 4 is 23.7 Å². The molecule has 0 unspecified atom stereocenters. The second-order valence-electron chi connectivity index (χ2n) is 9.21. The number of hydrogen-bond acceptors (Lipinski definition) is 5. The molecule has 3 rings (SSSR count). The smallest absolute Gasteiger partial charge is 0.306 e. The summed E-state index contributed by atoms with van der Waals surface area (Å²) < 4.78 is 5.20. The fourth-order valence-corrected chi connectivity index (χ4v) is 3.75. The Morgan fingerprint density at radius 1 is 0.970 bits per heavy atom. The summed E-state index contributed by atoms with van der Waals surface area (Å²) in [6.07, 6.45) is 0.276. The standard InChI is InChI=1S/C26H30N2O5/c1-18-12-13-20-21(15-18)25(32)27(24(20)31)14-8-11-23(30)33-17-22(29)28(26(2,3)4)16-19-9-6-5-7-10-19/h5-7,9-10,12-13,15H,8,11,14,16-17H2,1-4H3. The van der Waals surface area contributed by atoms with Gasteiger partial charge in [-0.15, -0.1) is 0 Å². The lowest BCUT2D eigenvalue weighted by Crippen LogP contribution is -2.46. The van der Waals surface area contributed by atoms with E-state index in [4.69, 9.17) is 4.74 Å². The van der Waals surface area contributed by atoms with E-state index in [-0.39, 0.29) is 43.7 Å². The zero-order valence-electron chi connectivity index (χ0n) is 19.6. The van der Waals surface area contributed by atoms with Crippen molar-refractivity contribution in [1.29, 1.82) is 0 Å². The molecule has 0 N–H and O–H groups in total. The van der Waals surface area contributed by atoms with Gasteiger partial charge < -0.3 is 9.64 Å². The van der Waals surface area contributed by atoms with E-state index in [1.54, 1.807) is 23.1 Å². The topological polar surface area (TPSA) is 84.0 Å². The number of imide groups is 1. The number of carbonyl (C=O) groups excluding carboxylic acids is 4. The third-order valence-electron chi connectivity index (χ3n) is 5.54. The van der Waals surface area contributed by atoms with Gasteiger partial charge in [0.2, 0.25) is 0 Å². The van der Waals surface area contributed by atoms with Crippen LogP contribution in [0.4, 0.5) is 0 Å². The lowest BCUT2D eigenvalue weighted by Gasteiger charge is -2.35. The Morgan fingerprint density at radius 2 is 1.64 bits per heavy atom. The van der Waals surface area contributed by atoms with E-state index in [0.29, 0.717) is 17.7 Å². The summed E-state index contributed by atoms with van der Waals surface area (Å²) in [5.74, 6) is -1.51. The highest BCUT2D eigenvalue weighted by atomic mass is 16.5. The largest absolute Gasteiger partial charge is 0.456 e. The third-order valence-corrected chi connectivity index (χ3v) is 5.54. The molecule has 0 saturated heterocycles. The summed E-state index contributed by atoms with van der Waals surface area (Å²) in [5, 5.41) is 0. The minimum atomic E-state index is -0.538. The number of amides is 3. The second-order valence-corrected chi connectivity index (χ2v) is 9.21. The Morgan fingerprint density at radius 3 is 2.30 bits per heavy atom. The van der Waals surface area contributed by atoms with Crippen molar-refractivity contribution in [3.63, 3.8) is 0 Å². The van der Waals surface area contributed by atoms with Gasteiger partial charge in [0, 0.05) is 25.0 Å². The number of fused-ring (bicyclic) bond motifs is 1. The summed E-state index contributed by atoms with van der Waals surface area (Å²) in [7, 11) is 0. The monoisotopic (exact) mass is 450 g/mol. The van der Waals surface area contributed by atoms with Gasteiger partial charge in [0.25, 0.3) is 17.7 Å². The number of hydrogen-bond donors (Lipinski definition) is 0. The van der Waals surface area contributed by atoms with Gasteiger partial charge in [0.15, 0.2) is 6.61 Å². The number of carbonyl (C=O) groups is 4. The highest BCUT2D eigenvalue weighted by Gasteiger charge is 2.35. The number of rotatable bonds is 8. The molecule has 0 fully saturated rings. The van der Waals surface area contributed by atoms with Crippen LogP contribution in [-0.4, -0.2) is 52.2 Å². The first-order valence-corrected chi connectivity index (χ1v) is 11.0. The van der Waals surface area contributed by atoms with E-state index in [0.717, 1.165) is 16.0 Å². The van der Waals surface area contributed by atoms with Crippen LogP contribution in [-0.2, 0) is 20.9 Å². The molecule has 174 valence electrons. The van der Waals surface area contributed by atoms with Crippen LogP contribution in [0.2, 0.25) is 0 Å². The van der Waals surface area contributed by atoms with Crippen LogP contribution in [0.5, 0.6) is 0 Å². The molecular formula is C26H30N2O5. The van der Waals surface area contributed by atoms with Gasteiger partial charge in [0.05, 0.1) is 11.1 Å². The average molecular weight is 451 g/mol. The van der Waals surface area contributed by atoms with Crippen molar-refractivity contribution in [2.24, 2.45) is 0 Å². The van der Waals surface area contributed by atoms with Gasteiger partial charge >= 0.3 is 5.97 Å². The lowest BCUT2D eigenvalue weighted by atomic mass is 10.0. The minimum Gasteiger partial charge on any atom is -0.456 e. The van der Waals surface area contributed by atoms with Crippen molar-refractivity contribution < 1.29 is 23.9 Å². The van der Waals surface area contributed by atoms with Crippen molar-refractivity contribution in [2.45, 2.75) is 52.6 Å². The number of nitrogens with zero attached hydrogens (tertiary/aromatic N) is 2. The Bertz CT molecular complexity index is 1060. The number of ether oxygens (including phenoxy) is 1. The van der Waals surface area contributed by atoms with Gasteiger partial charge in [-0.05, 0) is 51.8 Å². The number of benzene rings is 2. The molecule has 0 bridgehead atoms. The number of esters is 1. The van der Waals surface area contributed by atoms with Crippen LogP contribution < -0.4 is 0 Å². The maximum absolute atomic E-state index is 12.8. The maximum atomic E-state index is 12.8. The molecule has 0 atom stereocenters. The van der Waals surface area contributed by atoms with E-state index in [9.17, 15) is 19.2 Å². The molecule has 1 heterocycles. The third kappa shape index (κ3) is 5.86. The van der Waals surface area contributed by atoms with Crippen LogP contribution in [0.1, 0.15) is 65.5 Å². The molecule has 1 aliphatic rings. The van der Waals surface area contributed by atoms with Gasteiger partial charge in [-0.2, -0.15) is 0 Å². The Balaban J connectivity index is 1.48. The molecular weight excluding hydrogens is 420 g/mol. The van der Waals surface area contributed by atoms with Crippen LogP contribution in [0, 0.1) is 6.92 Å². The molecule has 0 radical (unpaired) electrons. The summed E-state index contributed by atoms with van der Waals surface area (Å²) >= 11 is 0. The summed E-state index contributed by atoms with van der Waals surface area (Å²) in [6, 6.07) is 14.8. The predicted octanol–water partition coefficient (Wildman–Crippen LogP) is 3.74. The van der Waals surface area contributed by atoms with Crippen LogP contribution in [0.25, 0.3) is 0 Å². The molecule has 3 amide bonds. The molecule has 7 heteroatoms. The van der Waals surface area contributed by atoms with Gasteiger partial charge in [-0.3, -0.25) is 24.1 Å². The molecule has 1 aliphatic heterocycles. The molecule has 0 spiro atoms. The molecule has 2 aromatic rings. The fourth-order valence-electron chi connectivity index (χ4n) is 3.75. The fraction of sp³-hybridized carbons (Fsp3) is 0.385. The molecule has 7 nitrogen and oxygen atoms in total. The summed E-state index contributed by atoms with van der Waals surface area (Å²) in [4.78, 5) is 52.8. The van der Waals surface area contributed by atoms with Crippen molar-refractivity contribution in [2.75, 3.05) is 13.2 Å².